The highest BCUT2D eigenvalue weighted by Crippen LogP contribution is 2.30. The van der Waals surface area contributed by atoms with E-state index in [2.05, 4.69) is 92.8 Å². The quantitative estimate of drug-likeness (QED) is 0.462. The van der Waals surface area contributed by atoms with Crippen LogP contribution in [0.2, 0.25) is 0 Å². The van der Waals surface area contributed by atoms with Crippen molar-refractivity contribution in [1.29, 1.82) is 0 Å². The summed E-state index contributed by atoms with van der Waals surface area (Å²) >= 11 is 0. The summed E-state index contributed by atoms with van der Waals surface area (Å²) in [6, 6.07) is 24.3. The van der Waals surface area contributed by atoms with Crippen molar-refractivity contribution >= 4 is 5.97 Å². The number of nitrogens with one attached hydrogen (secondary N) is 1. The van der Waals surface area contributed by atoms with E-state index in [9.17, 15) is 4.79 Å². The van der Waals surface area contributed by atoms with Crippen molar-refractivity contribution in [3.63, 3.8) is 0 Å². The van der Waals surface area contributed by atoms with Gasteiger partial charge in [-0.3, -0.25) is 4.79 Å². The predicted molar refractivity (Wildman–Crippen MR) is 123 cm³/mol. The summed E-state index contributed by atoms with van der Waals surface area (Å²) in [4.78, 5) is 10.6. The van der Waals surface area contributed by atoms with Crippen LogP contribution in [-0.2, 0) is 17.8 Å². The van der Waals surface area contributed by atoms with E-state index in [0.717, 1.165) is 6.42 Å². The molecule has 30 heavy (non-hydrogen) atoms. The van der Waals surface area contributed by atoms with E-state index < -0.39 is 5.97 Å². The molecule has 1 unspecified atom stereocenters. The number of aryl methyl sites for hydroxylation is 3. The number of hydrogen-bond donors (Lipinski definition) is 2. The lowest BCUT2D eigenvalue weighted by Gasteiger charge is -2.20. The number of carboxylic acids is 1. The number of aliphatic carboxylic acids is 1. The fourth-order valence-electron chi connectivity index (χ4n) is 3.78. The molecule has 0 heterocycles. The maximum atomic E-state index is 10.6. The molecule has 3 nitrogen and oxygen atoms in total. The molecule has 3 aromatic carbocycles. The Labute approximate surface area is 179 Å². The molecular weight excluding hydrogens is 370 g/mol. The van der Waals surface area contributed by atoms with Gasteiger partial charge in [0.15, 0.2) is 0 Å². The Bertz CT molecular complexity index is 992. The van der Waals surface area contributed by atoms with Crippen LogP contribution in [0.1, 0.15) is 51.3 Å². The van der Waals surface area contributed by atoms with E-state index in [-0.39, 0.29) is 6.42 Å². The van der Waals surface area contributed by atoms with Crippen LogP contribution in [0.15, 0.2) is 66.7 Å². The summed E-state index contributed by atoms with van der Waals surface area (Å²) < 4.78 is 0. The molecule has 0 aliphatic carbocycles. The van der Waals surface area contributed by atoms with Gasteiger partial charge in [-0.25, -0.2) is 0 Å². The van der Waals surface area contributed by atoms with E-state index in [1.54, 1.807) is 0 Å². The molecule has 156 valence electrons. The standard InChI is InChI=1S/C27H31NO2/c1-19-5-4-6-25(15-19)26(17-23-8-7-20(2)21(3)16-23)24-11-9-22(10-12-24)18-28-14-13-27(29)30/h4-12,15-16,26,28H,13-14,17-18H2,1-3H3,(H,29,30). The van der Waals surface area contributed by atoms with E-state index in [1.807, 2.05) is 0 Å². The third kappa shape index (κ3) is 6.04. The van der Waals surface area contributed by atoms with Gasteiger partial charge in [-0.05, 0) is 60.6 Å². The smallest absolute Gasteiger partial charge is 0.304 e. The Balaban J connectivity index is 1.81. The molecule has 3 aromatic rings. The SMILES string of the molecule is Cc1cccc(C(Cc2ccc(C)c(C)c2)c2ccc(CNCCC(=O)O)cc2)c1. The highest BCUT2D eigenvalue weighted by atomic mass is 16.4. The van der Waals surface area contributed by atoms with Crippen molar-refractivity contribution < 1.29 is 9.90 Å². The number of carboxylic acid groups (broad SMARTS) is 1. The summed E-state index contributed by atoms with van der Waals surface area (Å²) in [6.07, 6.45) is 1.10. The average Bonchev–Trinajstić information content (AvgIpc) is 2.72. The van der Waals surface area contributed by atoms with Crippen molar-refractivity contribution in [3.8, 4) is 0 Å². The number of rotatable bonds is 9. The molecule has 0 amide bonds. The molecule has 1 atom stereocenters. The Hall–Kier alpha value is -2.91. The molecule has 0 saturated carbocycles. The Morgan fingerprint density at radius 2 is 1.60 bits per heavy atom. The third-order valence-corrected chi connectivity index (χ3v) is 5.68. The van der Waals surface area contributed by atoms with Crippen LogP contribution < -0.4 is 5.32 Å². The van der Waals surface area contributed by atoms with Gasteiger partial charge in [-0.15, -0.1) is 0 Å². The third-order valence-electron chi connectivity index (χ3n) is 5.68. The van der Waals surface area contributed by atoms with Gasteiger partial charge in [0.1, 0.15) is 0 Å². The second-order valence-electron chi connectivity index (χ2n) is 8.15. The van der Waals surface area contributed by atoms with E-state index in [4.69, 9.17) is 5.11 Å². The van der Waals surface area contributed by atoms with Gasteiger partial charge in [0.2, 0.25) is 0 Å². The van der Waals surface area contributed by atoms with Gasteiger partial charge in [0, 0.05) is 19.0 Å². The Kier molecular flexibility index (Phi) is 7.42. The zero-order chi connectivity index (χ0) is 21.5. The van der Waals surface area contributed by atoms with Crippen molar-refractivity contribution in [3.05, 3.63) is 106 Å². The Morgan fingerprint density at radius 1 is 0.867 bits per heavy atom. The van der Waals surface area contributed by atoms with Gasteiger partial charge in [-0.1, -0.05) is 72.3 Å². The fraction of sp³-hybridized carbons (Fsp3) is 0.296. The second kappa shape index (κ2) is 10.2. The number of carbonyl (C=O) groups is 1. The van der Waals surface area contributed by atoms with Crippen LogP contribution in [0.25, 0.3) is 0 Å². The first-order valence-corrected chi connectivity index (χ1v) is 10.6. The minimum absolute atomic E-state index is 0.142. The minimum atomic E-state index is -0.773. The lowest BCUT2D eigenvalue weighted by molar-refractivity contribution is -0.136. The second-order valence-corrected chi connectivity index (χ2v) is 8.15. The van der Waals surface area contributed by atoms with Gasteiger partial charge < -0.3 is 10.4 Å². The lowest BCUT2D eigenvalue weighted by atomic mass is 9.84. The van der Waals surface area contributed by atoms with E-state index in [1.165, 1.54) is 38.9 Å². The van der Waals surface area contributed by atoms with Gasteiger partial charge >= 0.3 is 5.97 Å². The predicted octanol–water partition coefficient (Wildman–Crippen LogP) is 5.55. The first kappa shape index (κ1) is 21.8. The van der Waals surface area contributed by atoms with E-state index in [0.29, 0.717) is 19.0 Å². The monoisotopic (exact) mass is 401 g/mol. The molecule has 3 heteroatoms. The molecule has 0 bridgehead atoms. The molecule has 0 fully saturated rings. The first-order chi connectivity index (χ1) is 14.4. The van der Waals surface area contributed by atoms with Gasteiger partial charge in [0.05, 0.1) is 6.42 Å². The average molecular weight is 402 g/mol. The molecular formula is C27H31NO2. The van der Waals surface area contributed by atoms with Crippen molar-refractivity contribution in [1.82, 2.24) is 5.32 Å². The number of hydrogen-bond acceptors (Lipinski definition) is 2. The normalized spacial score (nSPS) is 12.0. The maximum Gasteiger partial charge on any atom is 0.304 e. The van der Waals surface area contributed by atoms with Gasteiger partial charge in [0.25, 0.3) is 0 Å². The zero-order valence-electron chi connectivity index (χ0n) is 18.1. The molecule has 2 N–H and O–H groups in total. The van der Waals surface area contributed by atoms with Crippen LogP contribution in [0.5, 0.6) is 0 Å². The van der Waals surface area contributed by atoms with Crippen LogP contribution in [-0.4, -0.2) is 17.6 Å². The fourth-order valence-corrected chi connectivity index (χ4v) is 3.78. The molecule has 3 rings (SSSR count). The van der Waals surface area contributed by atoms with Crippen molar-refractivity contribution in [2.24, 2.45) is 0 Å². The highest BCUT2D eigenvalue weighted by Gasteiger charge is 2.16. The van der Waals surface area contributed by atoms with Gasteiger partial charge in [-0.2, -0.15) is 0 Å². The molecule has 0 aliphatic rings. The summed E-state index contributed by atoms with van der Waals surface area (Å²) in [7, 11) is 0. The Morgan fingerprint density at radius 3 is 2.27 bits per heavy atom. The summed E-state index contributed by atoms with van der Waals surface area (Å²) in [5.74, 6) is -0.480. The lowest BCUT2D eigenvalue weighted by Crippen LogP contribution is -2.17. The molecule has 0 radical (unpaired) electrons. The largest absolute Gasteiger partial charge is 0.481 e. The van der Waals surface area contributed by atoms with Crippen molar-refractivity contribution in [2.45, 2.75) is 46.1 Å². The molecule has 0 aromatic heterocycles. The zero-order valence-corrected chi connectivity index (χ0v) is 18.1. The first-order valence-electron chi connectivity index (χ1n) is 10.6. The van der Waals surface area contributed by atoms with Crippen LogP contribution in [0.4, 0.5) is 0 Å². The molecule has 0 aliphatic heterocycles. The molecule has 0 spiro atoms. The summed E-state index contributed by atoms with van der Waals surface area (Å²) in [5.41, 5.74) is 9.08. The maximum absolute atomic E-state index is 10.6. The minimum Gasteiger partial charge on any atom is -0.481 e. The van der Waals surface area contributed by atoms with Crippen LogP contribution >= 0.6 is 0 Å². The van der Waals surface area contributed by atoms with Crippen LogP contribution in [0.3, 0.4) is 0 Å². The van der Waals surface area contributed by atoms with E-state index >= 15 is 0 Å². The van der Waals surface area contributed by atoms with Crippen LogP contribution in [0, 0.1) is 20.8 Å². The van der Waals surface area contributed by atoms with Crippen molar-refractivity contribution in [2.75, 3.05) is 6.54 Å². The molecule has 0 saturated heterocycles. The highest BCUT2D eigenvalue weighted by molar-refractivity contribution is 5.66. The topological polar surface area (TPSA) is 49.3 Å². The number of benzene rings is 3. The summed E-state index contributed by atoms with van der Waals surface area (Å²) in [5, 5.41) is 11.9. The summed E-state index contributed by atoms with van der Waals surface area (Å²) in [6.45, 7) is 7.63.